The normalized spacial score (nSPS) is 19.0. The molecule has 0 unspecified atom stereocenters. The first-order valence-corrected chi connectivity index (χ1v) is 13.5. The van der Waals surface area contributed by atoms with Crippen molar-refractivity contribution in [2.24, 2.45) is 0 Å². The summed E-state index contributed by atoms with van der Waals surface area (Å²) in [6, 6.07) is 6.26. The number of methoxy groups -OCH3 is 3. The quantitative estimate of drug-likeness (QED) is 0.331. The third kappa shape index (κ3) is 9.00. The van der Waals surface area contributed by atoms with Gasteiger partial charge in [0.05, 0.1) is 13.7 Å². The van der Waals surface area contributed by atoms with E-state index in [1.54, 1.807) is 39.5 Å². The monoisotopic (exact) mass is 555 g/mol. The second kappa shape index (κ2) is 16.1. The fourth-order valence-electron chi connectivity index (χ4n) is 5.06. The van der Waals surface area contributed by atoms with Gasteiger partial charge in [-0.05, 0) is 64.2 Å². The summed E-state index contributed by atoms with van der Waals surface area (Å²) in [5, 5.41) is 3.65. The summed E-state index contributed by atoms with van der Waals surface area (Å²) < 4.78 is 21.5. The van der Waals surface area contributed by atoms with Gasteiger partial charge >= 0.3 is 0 Å². The Labute approximate surface area is 233 Å². The van der Waals surface area contributed by atoms with E-state index in [-0.39, 0.29) is 42.9 Å². The van der Waals surface area contributed by atoms with Gasteiger partial charge in [0.15, 0.2) is 11.5 Å². The molecule has 1 N–H and O–H groups in total. The van der Waals surface area contributed by atoms with Crippen molar-refractivity contribution in [2.75, 3.05) is 54.2 Å². The summed E-state index contributed by atoms with van der Waals surface area (Å²) in [7, 11) is 4.83. The highest BCUT2D eigenvalue weighted by Gasteiger charge is 2.34. The number of piperidine rings is 1. The van der Waals surface area contributed by atoms with Crippen LogP contribution < -0.4 is 14.8 Å². The van der Waals surface area contributed by atoms with Crippen LogP contribution in [0.15, 0.2) is 18.2 Å². The molecule has 1 aliphatic carbocycles. The van der Waals surface area contributed by atoms with Gasteiger partial charge in [0, 0.05) is 70.1 Å². The van der Waals surface area contributed by atoms with Crippen molar-refractivity contribution in [1.29, 1.82) is 0 Å². The summed E-state index contributed by atoms with van der Waals surface area (Å²) in [6.07, 6.45) is 5.74. The van der Waals surface area contributed by atoms with Crippen LogP contribution in [0.3, 0.4) is 0 Å². The Morgan fingerprint density at radius 1 is 1.00 bits per heavy atom. The molecule has 1 saturated heterocycles. The molecule has 0 radical (unpaired) electrons. The van der Waals surface area contributed by atoms with Crippen molar-refractivity contribution < 1.29 is 28.5 Å². The molecule has 1 saturated carbocycles. The molecular weight excluding hydrogens is 510 g/mol. The molecule has 0 bridgehead atoms. The van der Waals surface area contributed by atoms with Gasteiger partial charge in [0.2, 0.25) is 5.91 Å². The average molecular weight is 556 g/mol. The second-order valence-corrected chi connectivity index (χ2v) is 10.2. The van der Waals surface area contributed by atoms with Crippen LogP contribution in [0.5, 0.6) is 11.5 Å². The minimum Gasteiger partial charge on any atom is -0.493 e. The molecule has 3 rings (SSSR count). The van der Waals surface area contributed by atoms with Gasteiger partial charge in [-0.2, -0.15) is 0 Å². The number of nitrogens with one attached hydrogen (secondary N) is 1. The minimum absolute atomic E-state index is 0. The first-order chi connectivity index (χ1) is 17.9. The van der Waals surface area contributed by atoms with E-state index in [0.717, 1.165) is 51.6 Å². The van der Waals surface area contributed by atoms with Crippen molar-refractivity contribution in [1.82, 2.24) is 15.1 Å². The Hall–Kier alpha value is -2.07. The average Bonchev–Trinajstić information content (AvgIpc) is 3.73. The number of hydrogen-bond donors (Lipinski definition) is 1. The van der Waals surface area contributed by atoms with E-state index in [1.165, 1.54) is 0 Å². The Morgan fingerprint density at radius 3 is 2.32 bits per heavy atom. The van der Waals surface area contributed by atoms with Gasteiger partial charge in [0.25, 0.3) is 5.91 Å². The molecule has 1 aromatic carbocycles. The largest absolute Gasteiger partial charge is 0.493 e. The molecule has 10 heteroatoms. The van der Waals surface area contributed by atoms with E-state index in [0.29, 0.717) is 42.4 Å². The second-order valence-electron chi connectivity index (χ2n) is 10.2. The Kier molecular flexibility index (Phi) is 13.6. The molecule has 2 aliphatic rings. The minimum atomic E-state index is -0.00489. The van der Waals surface area contributed by atoms with Gasteiger partial charge in [-0.3, -0.25) is 9.59 Å². The number of nitrogens with zero attached hydrogens (tertiary/aromatic N) is 2. The van der Waals surface area contributed by atoms with E-state index in [2.05, 4.69) is 19.2 Å². The molecule has 1 aromatic rings. The van der Waals surface area contributed by atoms with E-state index < -0.39 is 0 Å². The van der Waals surface area contributed by atoms with Gasteiger partial charge < -0.3 is 34.1 Å². The van der Waals surface area contributed by atoms with Crippen molar-refractivity contribution in [2.45, 2.75) is 76.5 Å². The summed E-state index contributed by atoms with van der Waals surface area (Å²) in [4.78, 5) is 30.0. The van der Waals surface area contributed by atoms with E-state index >= 15 is 0 Å². The molecule has 216 valence electrons. The number of amides is 2. The number of halogens is 1. The molecule has 0 aromatic heterocycles. The zero-order chi connectivity index (χ0) is 26.8. The van der Waals surface area contributed by atoms with E-state index in [4.69, 9.17) is 18.9 Å². The maximum Gasteiger partial charge on any atom is 0.254 e. The Balaban J connectivity index is 0.00000507. The molecule has 0 spiro atoms. The third-order valence-electron chi connectivity index (χ3n) is 7.13. The van der Waals surface area contributed by atoms with E-state index in [1.807, 2.05) is 9.80 Å². The lowest BCUT2D eigenvalue weighted by atomic mass is 9.95. The van der Waals surface area contributed by atoms with Crippen LogP contribution in [-0.2, 0) is 14.3 Å². The molecule has 9 nitrogen and oxygen atoms in total. The summed E-state index contributed by atoms with van der Waals surface area (Å²) in [5.41, 5.74) is 0.593. The van der Waals surface area contributed by atoms with Crippen LogP contribution in [0, 0.1) is 0 Å². The standard InChI is InChI=1S/C28H45N3O6.ClH/c1-20(2)31(28(33)21-7-12-25(36-5)26(17-21)37-16-6-15-34-3)24-9-8-22(29-18-24)13-14-30(23-10-11-23)27(32)19-35-4;/h7,12,17,20,22-24,29H,6,8-11,13-16,18-19H2,1-5H3;1H/t22-,24-;/m1./s1. The number of carbonyl (C=O) groups excluding carboxylic acids is 2. The molecule has 38 heavy (non-hydrogen) atoms. The number of carbonyl (C=O) groups is 2. The number of benzene rings is 1. The van der Waals surface area contributed by atoms with Crippen LogP contribution in [-0.4, -0.2) is 100 Å². The first-order valence-electron chi connectivity index (χ1n) is 13.5. The lowest BCUT2D eigenvalue weighted by Gasteiger charge is -2.40. The predicted octanol–water partition coefficient (Wildman–Crippen LogP) is 3.53. The number of hydrogen-bond acceptors (Lipinski definition) is 7. The van der Waals surface area contributed by atoms with E-state index in [9.17, 15) is 9.59 Å². The lowest BCUT2D eigenvalue weighted by molar-refractivity contribution is -0.135. The van der Waals surface area contributed by atoms with Gasteiger partial charge in [0.1, 0.15) is 6.61 Å². The van der Waals surface area contributed by atoms with Gasteiger partial charge in [-0.15, -0.1) is 12.4 Å². The maximum atomic E-state index is 13.7. The smallest absolute Gasteiger partial charge is 0.254 e. The lowest BCUT2D eigenvalue weighted by Crippen LogP contribution is -2.54. The molecule has 1 aliphatic heterocycles. The number of ether oxygens (including phenoxy) is 4. The summed E-state index contributed by atoms with van der Waals surface area (Å²) in [6.45, 7) is 6.85. The highest BCUT2D eigenvalue weighted by molar-refractivity contribution is 5.95. The maximum absolute atomic E-state index is 13.7. The van der Waals surface area contributed by atoms with Crippen LogP contribution >= 0.6 is 12.4 Å². The fourth-order valence-corrected chi connectivity index (χ4v) is 5.06. The number of rotatable bonds is 15. The fraction of sp³-hybridized carbons (Fsp3) is 0.714. The van der Waals surface area contributed by atoms with Gasteiger partial charge in [-0.1, -0.05) is 0 Å². The molecule has 1 heterocycles. The van der Waals surface area contributed by atoms with Crippen LogP contribution in [0.1, 0.15) is 62.7 Å². The van der Waals surface area contributed by atoms with Crippen LogP contribution in [0.25, 0.3) is 0 Å². The first kappa shape index (κ1) is 32.1. The Morgan fingerprint density at radius 2 is 1.74 bits per heavy atom. The van der Waals surface area contributed by atoms with Crippen molar-refractivity contribution in [3.8, 4) is 11.5 Å². The zero-order valence-electron chi connectivity index (χ0n) is 23.6. The third-order valence-corrected chi connectivity index (χ3v) is 7.13. The predicted molar refractivity (Wildman–Crippen MR) is 150 cm³/mol. The Bertz CT molecular complexity index is 874. The topological polar surface area (TPSA) is 89.6 Å². The molecule has 2 fully saturated rings. The summed E-state index contributed by atoms with van der Waals surface area (Å²) in [5.74, 6) is 1.25. The van der Waals surface area contributed by atoms with Crippen molar-refractivity contribution >= 4 is 24.2 Å². The summed E-state index contributed by atoms with van der Waals surface area (Å²) >= 11 is 0. The van der Waals surface area contributed by atoms with Crippen molar-refractivity contribution in [3.05, 3.63) is 23.8 Å². The zero-order valence-corrected chi connectivity index (χ0v) is 24.4. The molecule has 2 atom stereocenters. The highest BCUT2D eigenvalue weighted by Crippen LogP contribution is 2.31. The molecule has 2 amide bonds. The van der Waals surface area contributed by atoms with Gasteiger partial charge in [-0.25, -0.2) is 0 Å². The highest BCUT2D eigenvalue weighted by atomic mass is 35.5. The van der Waals surface area contributed by atoms with Crippen LogP contribution in [0.2, 0.25) is 0 Å². The van der Waals surface area contributed by atoms with Crippen LogP contribution in [0.4, 0.5) is 0 Å². The SMILES string of the molecule is COCCCOc1cc(C(=O)N(C(C)C)[C@@H]2CC[C@H](CCN(C(=O)COC)C3CC3)NC2)ccc1OC.Cl. The molecular formula is C28H46ClN3O6. The van der Waals surface area contributed by atoms with Crippen molar-refractivity contribution in [3.63, 3.8) is 0 Å².